The Labute approximate surface area is 118 Å². The van der Waals surface area contributed by atoms with Crippen LogP contribution < -0.4 is 5.73 Å². The Balaban J connectivity index is 2.30. The molecule has 0 aliphatic carbocycles. The Bertz CT molecular complexity index is 597. The van der Waals surface area contributed by atoms with Gasteiger partial charge in [-0.15, -0.1) is 0 Å². The number of fused-ring (bicyclic) bond motifs is 1. The number of nitrogens with two attached hydrogens (primary N) is 1. The van der Waals surface area contributed by atoms with Crippen molar-refractivity contribution in [2.75, 3.05) is 12.3 Å². The van der Waals surface area contributed by atoms with Crippen LogP contribution in [0.15, 0.2) is 29.2 Å². The van der Waals surface area contributed by atoms with E-state index in [2.05, 4.69) is 0 Å². The molecule has 0 saturated carbocycles. The number of benzene rings is 1. The molecule has 0 aromatic heterocycles. The van der Waals surface area contributed by atoms with Crippen LogP contribution in [-0.4, -0.2) is 31.8 Å². The number of sulfone groups is 1. The molecule has 3 N–H and O–H groups in total. The van der Waals surface area contributed by atoms with Gasteiger partial charge in [0.25, 0.3) is 0 Å². The van der Waals surface area contributed by atoms with Crippen molar-refractivity contribution in [3.8, 4) is 0 Å². The predicted octanol–water partition coefficient (Wildman–Crippen LogP) is 1.39. The number of aliphatic carboxylic acids is 1. The standard InChI is InChI=1S/C14H19NO4S/c15-8-4-3-6-11(14(16)17)12-9-20(18,19)13-7-2-1-5-10(12)13/h1-2,5,7,11-12H,3-4,6,8-9,15H2,(H,16,17). The zero-order chi connectivity index (χ0) is 14.8. The minimum atomic E-state index is -3.35. The van der Waals surface area contributed by atoms with Gasteiger partial charge in [-0.25, -0.2) is 8.42 Å². The topological polar surface area (TPSA) is 97.5 Å². The highest BCUT2D eigenvalue weighted by molar-refractivity contribution is 7.91. The summed E-state index contributed by atoms with van der Waals surface area (Å²) in [5, 5.41) is 9.40. The second kappa shape index (κ2) is 5.93. The normalized spacial score (nSPS) is 21.4. The molecule has 6 heteroatoms. The van der Waals surface area contributed by atoms with E-state index < -0.39 is 27.6 Å². The lowest BCUT2D eigenvalue weighted by molar-refractivity contribution is -0.142. The molecule has 2 rings (SSSR count). The summed E-state index contributed by atoms with van der Waals surface area (Å²) in [6, 6.07) is 6.71. The molecule has 1 aromatic rings. The van der Waals surface area contributed by atoms with Crippen molar-refractivity contribution in [3.63, 3.8) is 0 Å². The van der Waals surface area contributed by atoms with Gasteiger partial charge in [0.15, 0.2) is 9.84 Å². The van der Waals surface area contributed by atoms with Crippen LogP contribution in [0.4, 0.5) is 0 Å². The Hall–Kier alpha value is -1.40. The summed E-state index contributed by atoms with van der Waals surface area (Å²) >= 11 is 0. The van der Waals surface area contributed by atoms with Crippen LogP contribution >= 0.6 is 0 Å². The number of carboxylic acids is 1. The largest absolute Gasteiger partial charge is 0.481 e. The van der Waals surface area contributed by atoms with E-state index in [1.807, 2.05) is 0 Å². The summed E-state index contributed by atoms with van der Waals surface area (Å²) < 4.78 is 24.2. The highest BCUT2D eigenvalue weighted by Crippen LogP contribution is 2.41. The van der Waals surface area contributed by atoms with Crippen molar-refractivity contribution < 1.29 is 18.3 Å². The van der Waals surface area contributed by atoms with Crippen molar-refractivity contribution in [1.29, 1.82) is 0 Å². The summed E-state index contributed by atoms with van der Waals surface area (Å²) in [5.74, 6) is -2.16. The van der Waals surface area contributed by atoms with Gasteiger partial charge in [-0.3, -0.25) is 4.79 Å². The molecule has 0 radical (unpaired) electrons. The van der Waals surface area contributed by atoms with E-state index in [0.717, 1.165) is 6.42 Å². The lowest BCUT2D eigenvalue weighted by Gasteiger charge is -2.19. The van der Waals surface area contributed by atoms with Crippen molar-refractivity contribution in [3.05, 3.63) is 29.8 Å². The van der Waals surface area contributed by atoms with Crippen LogP contribution in [0.1, 0.15) is 30.7 Å². The van der Waals surface area contributed by atoms with Gasteiger partial charge in [-0.2, -0.15) is 0 Å². The fourth-order valence-corrected chi connectivity index (χ4v) is 4.75. The molecule has 0 fully saturated rings. The molecule has 1 aliphatic rings. The molecule has 5 nitrogen and oxygen atoms in total. The van der Waals surface area contributed by atoms with E-state index in [-0.39, 0.29) is 10.6 Å². The zero-order valence-electron chi connectivity index (χ0n) is 11.2. The van der Waals surface area contributed by atoms with E-state index in [4.69, 9.17) is 5.73 Å². The third-order valence-corrected chi connectivity index (χ3v) is 5.66. The maximum Gasteiger partial charge on any atom is 0.307 e. The van der Waals surface area contributed by atoms with Gasteiger partial charge in [-0.05, 0) is 31.0 Å². The fourth-order valence-electron chi connectivity index (χ4n) is 2.82. The molecule has 0 saturated heterocycles. The van der Waals surface area contributed by atoms with Gasteiger partial charge in [0, 0.05) is 5.92 Å². The van der Waals surface area contributed by atoms with Gasteiger partial charge < -0.3 is 10.8 Å². The summed E-state index contributed by atoms with van der Waals surface area (Å²) in [7, 11) is -3.35. The number of hydrogen-bond donors (Lipinski definition) is 2. The van der Waals surface area contributed by atoms with Gasteiger partial charge in [0.2, 0.25) is 0 Å². The summed E-state index contributed by atoms with van der Waals surface area (Å²) in [4.78, 5) is 11.8. The summed E-state index contributed by atoms with van der Waals surface area (Å²) in [6.07, 6.45) is 1.91. The smallest absolute Gasteiger partial charge is 0.307 e. The number of carbonyl (C=O) groups is 1. The number of carboxylic acid groups (broad SMARTS) is 1. The van der Waals surface area contributed by atoms with Crippen molar-refractivity contribution in [2.45, 2.75) is 30.1 Å². The SMILES string of the molecule is NCCCCC(C(=O)O)C1CS(=O)(=O)c2ccccc21. The van der Waals surface area contributed by atoms with E-state index in [0.29, 0.717) is 24.9 Å². The van der Waals surface area contributed by atoms with E-state index >= 15 is 0 Å². The van der Waals surface area contributed by atoms with Gasteiger partial charge >= 0.3 is 5.97 Å². The lowest BCUT2D eigenvalue weighted by atomic mass is 9.84. The molecule has 2 atom stereocenters. The van der Waals surface area contributed by atoms with Crippen LogP contribution in [0.25, 0.3) is 0 Å². The average molecular weight is 297 g/mol. The molecule has 1 heterocycles. The maximum absolute atomic E-state index is 12.1. The van der Waals surface area contributed by atoms with Crippen LogP contribution in [0.3, 0.4) is 0 Å². The van der Waals surface area contributed by atoms with Crippen LogP contribution in [-0.2, 0) is 14.6 Å². The minimum absolute atomic E-state index is 0.105. The molecule has 110 valence electrons. The summed E-state index contributed by atoms with van der Waals surface area (Å²) in [6.45, 7) is 0.520. The Morgan fingerprint density at radius 1 is 1.35 bits per heavy atom. The quantitative estimate of drug-likeness (QED) is 0.773. The van der Waals surface area contributed by atoms with Crippen LogP contribution in [0, 0.1) is 5.92 Å². The summed E-state index contributed by atoms with van der Waals surface area (Å²) in [5.41, 5.74) is 6.07. The monoisotopic (exact) mass is 297 g/mol. The first kappa shape index (κ1) is 15.0. The zero-order valence-corrected chi connectivity index (χ0v) is 12.0. The number of hydrogen-bond acceptors (Lipinski definition) is 4. The second-order valence-corrected chi connectivity index (χ2v) is 7.16. The van der Waals surface area contributed by atoms with E-state index in [1.54, 1.807) is 24.3 Å². The molecule has 1 aliphatic heterocycles. The van der Waals surface area contributed by atoms with Gasteiger partial charge in [-0.1, -0.05) is 24.6 Å². The molecule has 0 bridgehead atoms. The average Bonchev–Trinajstić information content (AvgIpc) is 2.67. The Kier molecular flexibility index (Phi) is 4.45. The highest BCUT2D eigenvalue weighted by atomic mass is 32.2. The second-order valence-electron chi connectivity index (χ2n) is 5.15. The third-order valence-electron chi connectivity index (χ3n) is 3.82. The first-order valence-electron chi connectivity index (χ1n) is 6.72. The Morgan fingerprint density at radius 3 is 2.70 bits per heavy atom. The van der Waals surface area contributed by atoms with E-state index in [1.165, 1.54) is 0 Å². The third kappa shape index (κ3) is 2.86. The maximum atomic E-state index is 12.1. The highest BCUT2D eigenvalue weighted by Gasteiger charge is 2.41. The molecule has 20 heavy (non-hydrogen) atoms. The molecular weight excluding hydrogens is 278 g/mol. The van der Waals surface area contributed by atoms with Crippen LogP contribution in [0.2, 0.25) is 0 Å². The molecule has 0 amide bonds. The first-order valence-corrected chi connectivity index (χ1v) is 8.37. The molecule has 1 aromatic carbocycles. The van der Waals surface area contributed by atoms with E-state index in [9.17, 15) is 18.3 Å². The molecule has 0 spiro atoms. The van der Waals surface area contributed by atoms with Crippen LogP contribution in [0.5, 0.6) is 0 Å². The number of unbranched alkanes of at least 4 members (excludes halogenated alkanes) is 1. The van der Waals surface area contributed by atoms with Gasteiger partial charge in [0.05, 0.1) is 16.6 Å². The van der Waals surface area contributed by atoms with Crippen molar-refractivity contribution in [2.24, 2.45) is 11.7 Å². The molecule has 2 unspecified atom stereocenters. The minimum Gasteiger partial charge on any atom is -0.481 e. The first-order chi connectivity index (χ1) is 9.47. The predicted molar refractivity (Wildman–Crippen MR) is 75.3 cm³/mol. The fraction of sp³-hybridized carbons (Fsp3) is 0.500. The van der Waals surface area contributed by atoms with Crippen molar-refractivity contribution in [1.82, 2.24) is 0 Å². The van der Waals surface area contributed by atoms with Gasteiger partial charge in [0.1, 0.15) is 0 Å². The lowest BCUT2D eigenvalue weighted by Crippen LogP contribution is -2.23. The molecular formula is C14H19NO4S. The van der Waals surface area contributed by atoms with Crippen molar-refractivity contribution >= 4 is 15.8 Å². The Morgan fingerprint density at radius 2 is 2.05 bits per heavy atom. The number of rotatable bonds is 6.